The SMILES string of the molecule is N[C@H](CO)c1cccc(-c2cc(C(=O)Nc3ccccc3CC(=O)O)cc(-c3cccc([C@H](N)CO)c3)c2)c1. The van der Waals surface area contributed by atoms with Crippen LogP contribution in [0.1, 0.15) is 39.1 Å². The molecule has 0 bridgehead atoms. The lowest BCUT2D eigenvalue weighted by atomic mass is 9.93. The molecule has 0 aliphatic heterocycles. The number of aliphatic hydroxyl groups excluding tert-OH is 2. The summed E-state index contributed by atoms with van der Waals surface area (Å²) in [5, 5.41) is 31.2. The molecule has 39 heavy (non-hydrogen) atoms. The van der Waals surface area contributed by atoms with Crippen molar-refractivity contribution in [3.63, 3.8) is 0 Å². The summed E-state index contributed by atoms with van der Waals surface area (Å²) in [4.78, 5) is 24.8. The van der Waals surface area contributed by atoms with Gasteiger partial charge in [0.2, 0.25) is 0 Å². The van der Waals surface area contributed by atoms with Crippen LogP contribution in [0.15, 0.2) is 91.0 Å². The van der Waals surface area contributed by atoms with E-state index in [9.17, 15) is 24.9 Å². The Morgan fingerprint density at radius 1 is 0.692 bits per heavy atom. The Morgan fingerprint density at radius 2 is 1.23 bits per heavy atom. The monoisotopic (exact) mass is 525 g/mol. The number of amides is 1. The quantitative estimate of drug-likeness (QED) is 0.183. The predicted octanol–water partition coefficient (Wildman–Crippen LogP) is 3.88. The number of carboxylic acid groups (broad SMARTS) is 1. The van der Waals surface area contributed by atoms with Crippen LogP contribution >= 0.6 is 0 Å². The Bertz CT molecular complexity index is 1420. The van der Waals surface area contributed by atoms with Gasteiger partial charge in [-0.3, -0.25) is 9.59 Å². The number of benzene rings is 4. The van der Waals surface area contributed by atoms with E-state index in [4.69, 9.17) is 11.5 Å². The van der Waals surface area contributed by atoms with Crippen LogP contribution in [0.5, 0.6) is 0 Å². The number of aliphatic carboxylic acids is 1. The smallest absolute Gasteiger partial charge is 0.307 e. The first kappa shape index (κ1) is 27.7. The molecule has 2 atom stereocenters. The number of aliphatic hydroxyl groups is 2. The Kier molecular flexibility index (Phi) is 8.85. The summed E-state index contributed by atoms with van der Waals surface area (Å²) in [7, 11) is 0. The zero-order valence-corrected chi connectivity index (χ0v) is 21.2. The summed E-state index contributed by atoms with van der Waals surface area (Å²) >= 11 is 0. The normalized spacial score (nSPS) is 12.5. The number of para-hydroxylation sites is 1. The number of hydrogen-bond donors (Lipinski definition) is 6. The lowest BCUT2D eigenvalue weighted by molar-refractivity contribution is -0.136. The summed E-state index contributed by atoms with van der Waals surface area (Å²) in [5.74, 6) is -1.40. The molecule has 4 aromatic carbocycles. The summed E-state index contributed by atoms with van der Waals surface area (Å²) in [6.07, 6.45) is -0.225. The lowest BCUT2D eigenvalue weighted by Gasteiger charge is -2.15. The molecule has 4 aromatic rings. The second-order valence-electron chi connectivity index (χ2n) is 9.31. The van der Waals surface area contributed by atoms with Crippen LogP contribution in [-0.4, -0.2) is 40.4 Å². The average Bonchev–Trinajstić information content (AvgIpc) is 2.96. The van der Waals surface area contributed by atoms with E-state index >= 15 is 0 Å². The van der Waals surface area contributed by atoms with E-state index in [1.54, 1.807) is 36.4 Å². The van der Waals surface area contributed by atoms with Gasteiger partial charge in [0.05, 0.1) is 31.7 Å². The molecule has 0 aliphatic carbocycles. The lowest BCUT2D eigenvalue weighted by Crippen LogP contribution is -2.15. The zero-order chi connectivity index (χ0) is 27.9. The van der Waals surface area contributed by atoms with Gasteiger partial charge in [0, 0.05) is 11.3 Å². The van der Waals surface area contributed by atoms with Crippen molar-refractivity contribution in [2.45, 2.75) is 18.5 Å². The van der Waals surface area contributed by atoms with E-state index < -0.39 is 24.0 Å². The maximum Gasteiger partial charge on any atom is 0.307 e. The second-order valence-corrected chi connectivity index (χ2v) is 9.31. The number of nitrogens with two attached hydrogens (primary N) is 2. The second kappa shape index (κ2) is 12.5. The minimum Gasteiger partial charge on any atom is -0.481 e. The molecule has 8 nitrogen and oxygen atoms in total. The molecule has 200 valence electrons. The van der Waals surface area contributed by atoms with Crippen molar-refractivity contribution in [3.05, 3.63) is 113 Å². The number of carboxylic acids is 1. The van der Waals surface area contributed by atoms with Crippen LogP contribution in [0.3, 0.4) is 0 Å². The Labute approximate surface area is 226 Å². The summed E-state index contributed by atoms with van der Waals surface area (Å²) < 4.78 is 0. The maximum atomic E-state index is 13.5. The Hall–Kier alpha value is -4.34. The van der Waals surface area contributed by atoms with E-state index in [1.165, 1.54) is 0 Å². The summed E-state index contributed by atoms with van der Waals surface area (Å²) in [6, 6.07) is 26.1. The summed E-state index contributed by atoms with van der Waals surface area (Å²) in [5.41, 5.74) is 18.0. The molecule has 0 unspecified atom stereocenters. The number of anilines is 1. The molecule has 0 spiro atoms. The number of carbonyl (C=O) groups excluding carboxylic acids is 1. The molecule has 0 aliphatic rings. The average molecular weight is 526 g/mol. The van der Waals surface area contributed by atoms with Crippen molar-refractivity contribution in [1.29, 1.82) is 0 Å². The molecule has 8 heteroatoms. The van der Waals surface area contributed by atoms with Gasteiger partial charge >= 0.3 is 5.97 Å². The van der Waals surface area contributed by atoms with E-state index in [2.05, 4.69) is 5.32 Å². The summed E-state index contributed by atoms with van der Waals surface area (Å²) in [6.45, 7) is -0.407. The van der Waals surface area contributed by atoms with E-state index in [0.717, 1.165) is 33.4 Å². The molecule has 1 amide bonds. The zero-order valence-electron chi connectivity index (χ0n) is 21.2. The highest BCUT2D eigenvalue weighted by Gasteiger charge is 2.16. The van der Waals surface area contributed by atoms with Gasteiger partial charge in [0.15, 0.2) is 0 Å². The predicted molar refractivity (Wildman–Crippen MR) is 151 cm³/mol. The van der Waals surface area contributed by atoms with Crippen molar-refractivity contribution in [2.75, 3.05) is 18.5 Å². The van der Waals surface area contributed by atoms with E-state index in [1.807, 2.05) is 54.6 Å². The molecule has 0 heterocycles. The third-order valence-electron chi connectivity index (χ3n) is 6.49. The van der Waals surface area contributed by atoms with E-state index in [0.29, 0.717) is 16.8 Å². The van der Waals surface area contributed by atoms with Crippen molar-refractivity contribution in [3.8, 4) is 22.3 Å². The third-order valence-corrected chi connectivity index (χ3v) is 6.49. The highest BCUT2D eigenvalue weighted by atomic mass is 16.4. The van der Waals surface area contributed by atoms with Crippen LogP contribution in [0.2, 0.25) is 0 Å². The molecule has 0 fully saturated rings. The third kappa shape index (κ3) is 6.76. The van der Waals surface area contributed by atoms with Crippen molar-refractivity contribution in [2.24, 2.45) is 11.5 Å². The fraction of sp³-hybridized carbons (Fsp3) is 0.161. The van der Waals surface area contributed by atoms with Gasteiger partial charge in [-0.15, -0.1) is 0 Å². The largest absolute Gasteiger partial charge is 0.481 e. The van der Waals surface area contributed by atoms with Crippen LogP contribution < -0.4 is 16.8 Å². The fourth-order valence-electron chi connectivity index (χ4n) is 4.35. The van der Waals surface area contributed by atoms with Crippen LogP contribution in [0, 0.1) is 0 Å². The molecule has 0 saturated carbocycles. The number of carbonyl (C=O) groups is 2. The Balaban J connectivity index is 1.80. The minimum atomic E-state index is -0.997. The van der Waals surface area contributed by atoms with Gasteiger partial charge in [0.25, 0.3) is 5.91 Å². The van der Waals surface area contributed by atoms with Gasteiger partial charge < -0.3 is 32.1 Å². The van der Waals surface area contributed by atoms with Crippen molar-refractivity contribution in [1.82, 2.24) is 0 Å². The molecule has 8 N–H and O–H groups in total. The standard InChI is InChI=1S/C31H31N3O5/c32-27(17-35)21-8-3-6-19(11-21)24-13-25(20-7-4-9-22(12-20)28(33)18-36)15-26(14-24)31(39)34-29-10-2-1-5-23(29)16-30(37)38/h1-15,27-28,35-36H,16-18,32-33H2,(H,34,39)(H,37,38)/t27-,28-/m1/s1. The van der Waals surface area contributed by atoms with E-state index in [-0.39, 0.29) is 19.6 Å². The minimum absolute atomic E-state index is 0.204. The first-order chi connectivity index (χ1) is 18.8. The van der Waals surface area contributed by atoms with Gasteiger partial charge in [-0.25, -0.2) is 0 Å². The van der Waals surface area contributed by atoms with Crippen LogP contribution in [-0.2, 0) is 11.2 Å². The fourth-order valence-corrected chi connectivity index (χ4v) is 4.35. The topological polar surface area (TPSA) is 159 Å². The molecule has 0 aromatic heterocycles. The molecule has 0 saturated heterocycles. The van der Waals surface area contributed by atoms with Crippen LogP contribution in [0.4, 0.5) is 5.69 Å². The molecular formula is C31H31N3O5. The number of hydrogen-bond acceptors (Lipinski definition) is 6. The van der Waals surface area contributed by atoms with Gasteiger partial charge in [-0.2, -0.15) is 0 Å². The molecule has 0 radical (unpaired) electrons. The molecular weight excluding hydrogens is 494 g/mol. The number of rotatable bonds is 10. The molecule has 4 rings (SSSR count). The van der Waals surface area contributed by atoms with Crippen LogP contribution in [0.25, 0.3) is 22.3 Å². The van der Waals surface area contributed by atoms with Gasteiger partial charge in [0.1, 0.15) is 0 Å². The van der Waals surface area contributed by atoms with Crippen molar-refractivity contribution < 1.29 is 24.9 Å². The highest BCUT2D eigenvalue weighted by Crippen LogP contribution is 2.31. The van der Waals surface area contributed by atoms with Gasteiger partial charge in [-0.1, -0.05) is 54.6 Å². The number of nitrogens with one attached hydrogen (secondary N) is 1. The van der Waals surface area contributed by atoms with Gasteiger partial charge in [-0.05, 0) is 75.3 Å². The first-order valence-electron chi connectivity index (χ1n) is 12.5. The van der Waals surface area contributed by atoms with Crippen molar-refractivity contribution >= 4 is 17.6 Å². The first-order valence-corrected chi connectivity index (χ1v) is 12.5. The maximum absolute atomic E-state index is 13.5. The highest BCUT2D eigenvalue weighted by molar-refractivity contribution is 6.06. The Morgan fingerprint density at radius 3 is 1.74 bits per heavy atom.